The van der Waals surface area contributed by atoms with Crippen molar-refractivity contribution in [2.45, 2.75) is 90.4 Å². The van der Waals surface area contributed by atoms with Gasteiger partial charge in [0.15, 0.2) is 0 Å². The minimum absolute atomic E-state index is 0.0473. The summed E-state index contributed by atoms with van der Waals surface area (Å²) in [7, 11) is 0. The number of fused-ring (bicyclic) bond motifs is 8. The Morgan fingerprint density at radius 1 is 0.844 bits per heavy atom. The monoisotopic (exact) mass is 614 g/mol. The van der Waals surface area contributed by atoms with E-state index in [1.807, 2.05) is 0 Å². The Hall–Kier alpha value is -3.70. The van der Waals surface area contributed by atoms with Crippen molar-refractivity contribution in [3.8, 4) is 10.6 Å². The van der Waals surface area contributed by atoms with Crippen LogP contribution in [0.5, 0.6) is 0 Å². The quantitative estimate of drug-likeness (QED) is 0.106. The van der Waals surface area contributed by atoms with Crippen LogP contribution in [0, 0.1) is 0 Å². The zero-order valence-corrected chi connectivity index (χ0v) is 28.0. The highest BCUT2D eigenvalue weighted by molar-refractivity contribution is 7.22. The molecule has 6 aromatic rings. The third kappa shape index (κ3) is 4.37. The first kappa shape index (κ1) is 28.8. The van der Waals surface area contributed by atoms with Gasteiger partial charge in [0.05, 0.1) is 15.8 Å². The molecule has 0 fully saturated rings. The van der Waals surface area contributed by atoms with Crippen LogP contribution >= 0.6 is 11.3 Å². The molecular weight excluding hydrogens is 573 g/mol. The van der Waals surface area contributed by atoms with Gasteiger partial charge in [0.2, 0.25) is 0 Å². The van der Waals surface area contributed by atoms with Crippen LogP contribution in [0.2, 0.25) is 0 Å². The largest absolute Gasteiger partial charge is 0.422 e. The molecule has 0 bridgehead atoms. The Balaban J connectivity index is 1.46. The summed E-state index contributed by atoms with van der Waals surface area (Å²) in [6, 6.07) is 19.5. The molecule has 0 spiro atoms. The van der Waals surface area contributed by atoms with Gasteiger partial charge in [-0.3, -0.25) is 0 Å². The van der Waals surface area contributed by atoms with Crippen molar-refractivity contribution >= 4 is 59.8 Å². The van der Waals surface area contributed by atoms with Crippen molar-refractivity contribution in [3.63, 3.8) is 0 Å². The van der Waals surface area contributed by atoms with Gasteiger partial charge in [0.1, 0.15) is 10.6 Å². The second kappa shape index (κ2) is 10.4. The van der Waals surface area contributed by atoms with E-state index in [1.165, 1.54) is 45.8 Å². The number of hydrogen-bond acceptors (Lipinski definition) is 5. The van der Waals surface area contributed by atoms with Gasteiger partial charge in [0.25, 0.3) is 0 Å². The fraction of sp³-hybridized carbons (Fsp3) is 0.400. The van der Waals surface area contributed by atoms with Crippen LogP contribution in [0.4, 0.5) is 5.69 Å². The molecule has 4 heterocycles. The first-order valence-electron chi connectivity index (χ1n) is 16.8. The van der Waals surface area contributed by atoms with E-state index in [-0.39, 0.29) is 16.5 Å². The molecule has 2 aromatic heterocycles. The number of aryl methyl sites for hydroxylation is 1. The number of rotatable bonds is 6. The molecule has 5 heteroatoms. The lowest BCUT2D eigenvalue weighted by Gasteiger charge is -2.48. The third-order valence-corrected chi connectivity index (χ3v) is 11.9. The molecular formula is C40H42N2O2S. The summed E-state index contributed by atoms with van der Waals surface area (Å²) in [6.07, 6.45) is 7.59. The topological polar surface area (TPSA) is 46.3 Å². The number of anilines is 1. The van der Waals surface area contributed by atoms with Crippen molar-refractivity contribution in [1.29, 1.82) is 0 Å². The van der Waals surface area contributed by atoms with Gasteiger partial charge >= 0.3 is 5.63 Å². The van der Waals surface area contributed by atoms with E-state index in [2.05, 4.69) is 94.1 Å². The molecule has 0 unspecified atom stereocenters. The van der Waals surface area contributed by atoms with E-state index in [0.29, 0.717) is 5.56 Å². The minimum atomic E-state index is -0.250. The van der Waals surface area contributed by atoms with E-state index in [4.69, 9.17) is 9.40 Å². The number of thiazole rings is 1. The van der Waals surface area contributed by atoms with E-state index in [9.17, 15) is 4.79 Å². The van der Waals surface area contributed by atoms with E-state index in [1.54, 1.807) is 11.3 Å². The fourth-order valence-electron chi connectivity index (χ4n) is 8.12. The van der Waals surface area contributed by atoms with Crippen LogP contribution in [0.25, 0.3) is 53.3 Å². The van der Waals surface area contributed by atoms with E-state index >= 15 is 0 Å². The smallest absolute Gasteiger partial charge is 0.346 e. The third-order valence-electron chi connectivity index (χ3n) is 10.8. The van der Waals surface area contributed by atoms with Crippen molar-refractivity contribution < 1.29 is 4.42 Å². The number of unbranched alkanes of at least 4 members (excludes halogenated alkanes) is 3. The fourth-order valence-corrected chi connectivity index (χ4v) is 9.30. The van der Waals surface area contributed by atoms with Crippen LogP contribution in [0.15, 0.2) is 63.8 Å². The van der Waals surface area contributed by atoms with Gasteiger partial charge in [-0.1, -0.05) is 102 Å². The lowest BCUT2D eigenvalue weighted by Crippen LogP contribution is -2.44. The van der Waals surface area contributed by atoms with Crippen molar-refractivity contribution in [1.82, 2.24) is 4.98 Å². The summed E-state index contributed by atoms with van der Waals surface area (Å²) in [5.41, 5.74) is 7.23. The summed E-state index contributed by atoms with van der Waals surface area (Å²) in [4.78, 5) is 22.3. The molecule has 2 aliphatic heterocycles. The second-order valence-electron chi connectivity index (χ2n) is 14.6. The van der Waals surface area contributed by atoms with Gasteiger partial charge in [-0.15, -0.1) is 11.3 Å². The van der Waals surface area contributed by atoms with Crippen molar-refractivity contribution in [2.24, 2.45) is 0 Å². The predicted molar refractivity (Wildman–Crippen MR) is 191 cm³/mol. The molecule has 0 aliphatic carbocycles. The van der Waals surface area contributed by atoms with Gasteiger partial charge in [-0.25, -0.2) is 9.78 Å². The Morgan fingerprint density at radius 3 is 2.24 bits per heavy atom. The molecule has 2 aliphatic rings. The summed E-state index contributed by atoms with van der Waals surface area (Å²) in [5.74, 6) is 0. The zero-order valence-electron chi connectivity index (χ0n) is 27.2. The number of aromatic nitrogens is 1. The SMILES string of the molecule is CCCCCCc1c(-c2nc3c4ccccc4c4ccccc4c3s2)c(=O)oc2c3c4c(cc12)C(C)(C)CCN4CCC3(C)C. The van der Waals surface area contributed by atoms with Gasteiger partial charge in [0, 0.05) is 40.5 Å². The second-order valence-corrected chi connectivity index (χ2v) is 15.6. The molecule has 4 nitrogen and oxygen atoms in total. The molecule has 4 aromatic carbocycles. The first-order chi connectivity index (χ1) is 21.7. The Kier molecular flexibility index (Phi) is 6.66. The zero-order chi connectivity index (χ0) is 31.1. The maximum atomic E-state index is 14.4. The Morgan fingerprint density at radius 2 is 1.51 bits per heavy atom. The van der Waals surface area contributed by atoms with Crippen molar-refractivity contribution in [3.05, 3.63) is 81.7 Å². The molecule has 0 saturated heterocycles. The Labute approximate surface area is 269 Å². The highest BCUT2D eigenvalue weighted by atomic mass is 32.1. The molecule has 230 valence electrons. The van der Waals surface area contributed by atoms with Gasteiger partial charge in [-0.2, -0.15) is 0 Å². The molecule has 0 saturated carbocycles. The van der Waals surface area contributed by atoms with Crippen LogP contribution < -0.4 is 10.5 Å². The minimum Gasteiger partial charge on any atom is -0.422 e. The average Bonchev–Trinajstić information content (AvgIpc) is 3.47. The summed E-state index contributed by atoms with van der Waals surface area (Å²) < 4.78 is 7.68. The number of nitrogens with zero attached hydrogens (tertiary/aromatic N) is 2. The number of benzene rings is 4. The molecule has 0 N–H and O–H groups in total. The lowest BCUT2D eigenvalue weighted by molar-refractivity contribution is 0.398. The maximum absolute atomic E-state index is 14.4. The molecule has 8 rings (SSSR count). The standard InChI is InChI=1S/C40H42N2O2S/c1-6-7-8-9-16-26-29-23-30-34-32(40(4,5)20-22-42(34)21-19-39(30,2)3)35(29)44-38(43)31(26)37-41-33-27-17-12-10-14-24(27)25-15-11-13-18-28(25)36(33)45-37/h10-15,17-18,23H,6-9,16,19-22H2,1-5H3. The summed E-state index contributed by atoms with van der Waals surface area (Å²) >= 11 is 1.65. The number of hydrogen-bond donors (Lipinski definition) is 0. The van der Waals surface area contributed by atoms with E-state index < -0.39 is 0 Å². The molecule has 45 heavy (non-hydrogen) atoms. The van der Waals surface area contributed by atoms with Crippen LogP contribution in [0.3, 0.4) is 0 Å². The maximum Gasteiger partial charge on any atom is 0.346 e. The Bertz CT molecular complexity index is 2130. The van der Waals surface area contributed by atoms with E-state index in [0.717, 1.165) is 82.3 Å². The predicted octanol–water partition coefficient (Wildman–Crippen LogP) is 10.7. The van der Waals surface area contributed by atoms with Crippen LogP contribution in [-0.4, -0.2) is 18.1 Å². The first-order valence-corrected chi connectivity index (χ1v) is 17.6. The highest BCUT2D eigenvalue weighted by Crippen LogP contribution is 2.53. The molecule has 0 atom stereocenters. The average molecular weight is 615 g/mol. The highest BCUT2D eigenvalue weighted by Gasteiger charge is 2.42. The summed E-state index contributed by atoms with van der Waals surface area (Å²) in [5, 5.41) is 6.63. The van der Waals surface area contributed by atoms with Gasteiger partial charge < -0.3 is 9.32 Å². The molecule has 0 radical (unpaired) electrons. The van der Waals surface area contributed by atoms with Crippen LogP contribution in [0.1, 0.15) is 89.8 Å². The lowest BCUT2D eigenvalue weighted by atomic mass is 9.69. The van der Waals surface area contributed by atoms with Gasteiger partial charge in [-0.05, 0) is 64.5 Å². The molecule has 0 amide bonds. The van der Waals surface area contributed by atoms with Crippen molar-refractivity contribution in [2.75, 3.05) is 18.0 Å². The van der Waals surface area contributed by atoms with Crippen LogP contribution in [-0.2, 0) is 17.3 Å². The summed E-state index contributed by atoms with van der Waals surface area (Å²) in [6.45, 7) is 13.8. The normalized spacial score (nSPS) is 17.0.